The number of hydrogen-bond acceptors (Lipinski definition) is 3. The van der Waals surface area contributed by atoms with Crippen molar-refractivity contribution in [1.82, 2.24) is 14.7 Å². The first-order valence-electron chi connectivity index (χ1n) is 6.05. The highest BCUT2D eigenvalue weighted by Crippen LogP contribution is 2.50. The number of hydrogen-bond donors (Lipinski definition) is 1. The zero-order chi connectivity index (χ0) is 12.0. The number of carboxylic acid groups (broad SMARTS) is 1. The second-order valence-electron chi connectivity index (χ2n) is 5.45. The summed E-state index contributed by atoms with van der Waals surface area (Å²) in [5, 5.41) is 13.4. The molecule has 2 aliphatic rings. The highest BCUT2D eigenvalue weighted by atomic mass is 16.4. The van der Waals surface area contributed by atoms with E-state index in [0.717, 1.165) is 18.7 Å². The van der Waals surface area contributed by atoms with Crippen molar-refractivity contribution in [2.75, 3.05) is 13.1 Å². The molecule has 2 heterocycles. The zero-order valence-corrected chi connectivity index (χ0v) is 9.96. The summed E-state index contributed by atoms with van der Waals surface area (Å²) in [4.78, 5) is 13.4. The van der Waals surface area contributed by atoms with Crippen molar-refractivity contribution in [2.24, 2.45) is 12.5 Å². The van der Waals surface area contributed by atoms with Crippen molar-refractivity contribution in [2.45, 2.75) is 25.3 Å². The van der Waals surface area contributed by atoms with E-state index in [1.807, 2.05) is 7.05 Å². The third kappa shape index (κ3) is 1.65. The average Bonchev–Trinajstić information content (AvgIpc) is 2.53. The fourth-order valence-electron chi connectivity index (χ4n) is 3.08. The molecule has 1 atom stereocenters. The van der Waals surface area contributed by atoms with Crippen molar-refractivity contribution in [1.29, 1.82) is 0 Å². The summed E-state index contributed by atoms with van der Waals surface area (Å²) in [5.74, 6) is -0.771. The SMILES string of the molecule is Cn1cc(C(C(=O)O)N2CC3(CCC3)C2)cn1. The summed E-state index contributed by atoms with van der Waals surface area (Å²) in [6.45, 7) is 1.86. The Labute approximate surface area is 100 Å². The predicted molar refractivity (Wildman–Crippen MR) is 61.4 cm³/mol. The van der Waals surface area contributed by atoms with Gasteiger partial charge in [-0.1, -0.05) is 6.42 Å². The number of rotatable bonds is 3. The van der Waals surface area contributed by atoms with Gasteiger partial charge in [0.1, 0.15) is 6.04 Å². The van der Waals surface area contributed by atoms with Crippen LogP contribution in [0.25, 0.3) is 0 Å². The number of likely N-dealkylation sites (tertiary alicyclic amines) is 1. The van der Waals surface area contributed by atoms with Crippen LogP contribution in [0.1, 0.15) is 30.9 Å². The molecule has 1 spiro atoms. The molecule has 1 aromatic heterocycles. The molecule has 2 fully saturated rings. The van der Waals surface area contributed by atoms with E-state index >= 15 is 0 Å². The lowest BCUT2D eigenvalue weighted by Crippen LogP contribution is -2.61. The zero-order valence-electron chi connectivity index (χ0n) is 9.96. The number of aliphatic carboxylic acids is 1. The Balaban J connectivity index is 1.75. The van der Waals surface area contributed by atoms with E-state index in [1.54, 1.807) is 17.1 Å². The van der Waals surface area contributed by atoms with Crippen LogP contribution in [0.5, 0.6) is 0 Å². The second-order valence-corrected chi connectivity index (χ2v) is 5.45. The summed E-state index contributed by atoms with van der Waals surface area (Å²) >= 11 is 0. The maximum absolute atomic E-state index is 11.4. The Morgan fingerprint density at radius 3 is 2.65 bits per heavy atom. The summed E-state index contributed by atoms with van der Waals surface area (Å²) in [7, 11) is 1.81. The van der Waals surface area contributed by atoms with Gasteiger partial charge in [0, 0.05) is 31.9 Å². The second kappa shape index (κ2) is 3.57. The maximum atomic E-state index is 11.4. The molecular weight excluding hydrogens is 218 g/mol. The van der Waals surface area contributed by atoms with Gasteiger partial charge in [-0.2, -0.15) is 5.10 Å². The number of nitrogens with zero attached hydrogens (tertiary/aromatic N) is 3. The minimum atomic E-state index is -0.771. The molecule has 1 aromatic rings. The van der Waals surface area contributed by atoms with Gasteiger partial charge in [0.05, 0.1) is 6.20 Å². The van der Waals surface area contributed by atoms with Crippen LogP contribution in [0.2, 0.25) is 0 Å². The minimum Gasteiger partial charge on any atom is -0.480 e. The van der Waals surface area contributed by atoms with E-state index in [0.29, 0.717) is 5.41 Å². The van der Waals surface area contributed by atoms with Gasteiger partial charge in [0.25, 0.3) is 0 Å². The van der Waals surface area contributed by atoms with Crippen molar-refractivity contribution >= 4 is 5.97 Å². The van der Waals surface area contributed by atoms with Gasteiger partial charge in [-0.3, -0.25) is 14.4 Å². The summed E-state index contributed by atoms with van der Waals surface area (Å²) in [6, 6.07) is -0.519. The van der Waals surface area contributed by atoms with Gasteiger partial charge in [0.15, 0.2) is 0 Å². The molecule has 0 bridgehead atoms. The Kier molecular flexibility index (Phi) is 2.26. The Morgan fingerprint density at radius 2 is 2.24 bits per heavy atom. The number of carbonyl (C=O) groups is 1. The van der Waals surface area contributed by atoms with E-state index in [4.69, 9.17) is 0 Å². The smallest absolute Gasteiger partial charge is 0.325 e. The molecule has 1 saturated heterocycles. The first-order valence-corrected chi connectivity index (χ1v) is 6.05. The van der Waals surface area contributed by atoms with Crippen LogP contribution >= 0.6 is 0 Å². The summed E-state index contributed by atoms with van der Waals surface area (Å²) < 4.78 is 1.66. The molecule has 1 aliphatic carbocycles. The molecule has 1 unspecified atom stereocenters. The van der Waals surface area contributed by atoms with Gasteiger partial charge in [-0.05, 0) is 18.3 Å². The molecule has 5 heteroatoms. The highest BCUT2D eigenvalue weighted by Gasteiger charge is 2.50. The first-order chi connectivity index (χ1) is 8.10. The Morgan fingerprint density at radius 1 is 1.53 bits per heavy atom. The van der Waals surface area contributed by atoms with Gasteiger partial charge < -0.3 is 5.11 Å². The molecular formula is C12H17N3O2. The van der Waals surface area contributed by atoms with Crippen molar-refractivity contribution in [3.05, 3.63) is 18.0 Å². The van der Waals surface area contributed by atoms with Crippen LogP contribution in [0.15, 0.2) is 12.4 Å². The molecule has 92 valence electrons. The molecule has 17 heavy (non-hydrogen) atoms. The number of aromatic nitrogens is 2. The van der Waals surface area contributed by atoms with E-state index in [1.165, 1.54) is 19.3 Å². The number of aryl methyl sites for hydroxylation is 1. The Bertz CT molecular complexity index is 442. The number of carboxylic acids is 1. The van der Waals surface area contributed by atoms with Crippen molar-refractivity contribution in [3.8, 4) is 0 Å². The molecule has 1 aliphatic heterocycles. The van der Waals surface area contributed by atoms with E-state index < -0.39 is 12.0 Å². The maximum Gasteiger partial charge on any atom is 0.325 e. The highest BCUT2D eigenvalue weighted by molar-refractivity contribution is 5.75. The third-order valence-electron chi connectivity index (χ3n) is 4.13. The lowest BCUT2D eigenvalue weighted by molar-refractivity contribution is -0.154. The molecule has 3 rings (SSSR count). The monoisotopic (exact) mass is 235 g/mol. The van der Waals surface area contributed by atoms with E-state index in [2.05, 4.69) is 10.00 Å². The van der Waals surface area contributed by atoms with Gasteiger partial charge >= 0.3 is 5.97 Å². The average molecular weight is 235 g/mol. The molecule has 5 nitrogen and oxygen atoms in total. The minimum absolute atomic E-state index is 0.454. The normalized spacial score (nSPS) is 24.1. The summed E-state index contributed by atoms with van der Waals surface area (Å²) in [6.07, 6.45) is 7.29. The molecule has 0 aromatic carbocycles. The lowest BCUT2D eigenvalue weighted by Gasteiger charge is -2.57. The van der Waals surface area contributed by atoms with Crippen LogP contribution in [0.3, 0.4) is 0 Å². The topological polar surface area (TPSA) is 58.4 Å². The molecule has 1 N–H and O–H groups in total. The van der Waals surface area contributed by atoms with Crippen LogP contribution in [-0.4, -0.2) is 38.8 Å². The van der Waals surface area contributed by atoms with Crippen LogP contribution in [-0.2, 0) is 11.8 Å². The largest absolute Gasteiger partial charge is 0.480 e. The summed E-state index contributed by atoms with van der Waals surface area (Å²) in [5.41, 5.74) is 1.24. The van der Waals surface area contributed by atoms with Crippen molar-refractivity contribution < 1.29 is 9.90 Å². The third-order valence-corrected chi connectivity index (χ3v) is 4.13. The standard InChI is InChI=1S/C12H17N3O2/c1-14-6-9(5-13-14)10(11(16)17)15-7-12(8-15)3-2-4-12/h5-6,10H,2-4,7-8H2,1H3,(H,16,17). The van der Waals surface area contributed by atoms with Gasteiger partial charge in [-0.25, -0.2) is 0 Å². The molecule has 0 amide bonds. The van der Waals surface area contributed by atoms with E-state index in [9.17, 15) is 9.90 Å². The molecule has 1 saturated carbocycles. The van der Waals surface area contributed by atoms with E-state index in [-0.39, 0.29) is 0 Å². The van der Waals surface area contributed by atoms with Crippen LogP contribution < -0.4 is 0 Å². The Hall–Kier alpha value is -1.36. The molecule has 0 radical (unpaired) electrons. The fourth-order valence-corrected chi connectivity index (χ4v) is 3.08. The predicted octanol–water partition coefficient (Wildman–Crippen LogP) is 1.03. The first kappa shape index (κ1) is 10.8. The van der Waals surface area contributed by atoms with Gasteiger partial charge in [0.2, 0.25) is 0 Å². The van der Waals surface area contributed by atoms with Gasteiger partial charge in [-0.15, -0.1) is 0 Å². The van der Waals surface area contributed by atoms with Crippen LogP contribution in [0, 0.1) is 5.41 Å². The lowest BCUT2D eigenvalue weighted by atomic mass is 9.63. The quantitative estimate of drug-likeness (QED) is 0.850. The van der Waals surface area contributed by atoms with Crippen molar-refractivity contribution in [3.63, 3.8) is 0 Å². The fraction of sp³-hybridized carbons (Fsp3) is 0.667. The van der Waals surface area contributed by atoms with Crippen LogP contribution in [0.4, 0.5) is 0 Å².